The Morgan fingerprint density at radius 1 is 1.14 bits per heavy atom. The summed E-state index contributed by atoms with van der Waals surface area (Å²) in [5.74, 6) is 0.0123. The first-order valence-corrected chi connectivity index (χ1v) is 13.2. The Balaban J connectivity index is 1.35. The van der Waals surface area contributed by atoms with Crippen LogP contribution in [0.1, 0.15) is 54.0 Å². The summed E-state index contributed by atoms with van der Waals surface area (Å²) in [5, 5.41) is 13.3. The van der Waals surface area contributed by atoms with Crippen molar-refractivity contribution < 1.29 is 22.8 Å². The Morgan fingerprint density at radius 3 is 2.70 bits per heavy atom. The molecule has 0 radical (unpaired) electrons. The number of nitrogens with zero attached hydrogens (tertiary/aromatic N) is 2. The SMILES string of the molecule is N[C@]1(CCO)CCC(c2ccc3c(c2)CCc2nc(-c4onc(-c5ccccc5)c4C(F)(F)F)sc2-3)C1. The van der Waals surface area contributed by atoms with Crippen LogP contribution in [0.2, 0.25) is 0 Å². The average molecular weight is 526 g/mol. The lowest BCUT2D eigenvalue weighted by Gasteiger charge is -2.23. The molecule has 2 heterocycles. The van der Waals surface area contributed by atoms with Gasteiger partial charge in [0.25, 0.3) is 0 Å². The first-order chi connectivity index (χ1) is 17.8. The van der Waals surface area contributed by atoms with Gasteiger partial charge in [0.05, 0.1) is 10.6 Å². The molecule has 0 bridgehead atoms. The highest BCUT2D eigenvalue weighted by atomic mass is 32.1. The summed E-state index contributed by atoms with van der Waals surface area (Å²) in [6.07, 6.45) is 0.109. The summed E-state index contributed by atoms with van der Waals surface area (Å²) in [6.45, 7) is 0.0952. The molecular formula is C28H26F3N3O2S. The van der Waals surface area contributed by atoms with Gasteiger partial charge in [-0.15, -0.1) is 11.3 Å². The number of aryl methyl sites for hydroxylation is 2. The van der Waals surface area contributed by atoms with Crippen molar-refractivity contribution in [3.8, 4) is 32.5 Å². The fraction of sp³-hybridized carbons (Fsp3) is 0.357. The minimum absolute atomic E-state index is 0.0952. The second kappa shape index (κ2) is 9.08. The third kappa shape index (κ3) is 4.39. The second-order valence-corrected chi connectivity index (χ2v) is 11.1. The van der Waals surface area contributed by atoms with Gasteiger partial charge in [0.2, 0.25) is 5.76 Å². The van der Waals surface area contributed by atoms with E-state index < -0.39 is 11.7 Å². The Labute approximate surface area is 216 Å². The molecule has 2 aromatic carbocycles. The molecule has 0 aliphatic heterocycles. The number of benzene rings is 2. The predicted molar refractivity (Wildman–Crippen MR) is 136 cm³/mol. The van der Waals surface area contributed by atoms with Crippen LogP contribution < -0.4 is 5.73 Å². The van der Waals surface area contributed by atoms with Crippen LogP contribution in [0.25, 0.3) is 32.5 Å². The molecule has 2 aliphatic rings. The van der Waals surface area contributed by atoms with E-state index in [9.17, 15) is 18.3 Å². The molecule has 1 saturated carbocycles. The number of hydrogen-bond donors (Lipinski definition) is 2. The van der Waals surface area contributed by atoms with Gasteiger partial charge in [0.1, 0.15) is 11.3 Å². The van der Waals surface area contributed by atoms with Gasteiger partial charge in [-0.1, -0.05) is 53.7 Å². The normalized spacial score (nSPS) is 21.2. The number of alkyl halides is 3. The topological polar surface area (TPSA) is 85.2 Å². The molecule has 2 atom stereocenters. The standard InChI is InChI=1S/C28H26F3N3O2S/c29-28(30,31)22-23(16-4-2-1-3-5-16)34-36-24(22)26-33-21-9-7-18-14-17(6-8-20(18)25(21)37-26)19-10-11-27(32,15-19)12-13-35/h1-6,8,14,19,35H,7,9-13,15,32H2/t19?,27-/m0/s1. The number of hydrogen-bond acceptors (Lipinski definition) is 6. The van der Waals surface area contributed by atoms with E-state index in [1.165, 1.54) is 22.5 Å². The minimum Gasteiger partial charge on any atom is -0.396 e. The van der Waals surface area contributed by atoms with E-state index in [1.54, 1.807) is 30.3 Å². The van der Waals surface area contributed by atoms with E-state index in [2.05, 4.69) is 28.3 Å². The van der Waals surface area contributed by atoms with Crippen LogP contribution in [0.3, 0.4) is 0 Å². The predicted octanol–water partition coefficient (Wildman–Crippen LogP) is 6.60. The van der Waals surface area contributed by atoms with Crippen molar-refractivity contribution in [2.45, 2.75) is 56.2 Å². The zero-order valence-corrected chi connectivity index (χ0v) is 20.8. The number of halogens is 3. The lowest BCUT2D eigenvalue weighted by Crippen LogP contribution is -2.37. The van der Waals surface area contributed by atoms with E-state index in [1.807, 2.05) is 0 Å². The lowest BCUT2D eigenvalue weighted by atomic mass is 9.87. The summed E-state index contributed by atoms with van der Waals surface area (Å²) < 4.78 is 47.9. The molecule has 5 nitrogen and oxygen atoms in total. The van der Waals surface area contributed by atoms with Gasteiger partial charge in [-0.3, -0.25) is 0 Å². The Hall–Kier alpha value is -3.01. The average Bonchev–Trinajstić information content (AvgIpc) is 3.60. The van der Waals surface area contributed by atoms with Crippen molar-refractivity contribution in [3.05, 3.63) is 70.9 Å². The van der Waals surface area contributed by atoms with Crippen molar-refractivity contribution in [1.29, 1.82) is 0 Å². The van der Waals surface area contributed by atoms with E-state index in [0.717, 1.165) is 41.8 Å². The largest absolute Gasteiger partial charge is 0.422 e. The van der Waals surface area contributed by atoms with Crippen LogP contribution in [0.4, 0.5) is 13.2 Å². The maximum atomic E-state index is 14.2. The number of aliphatic hydroxyl groups is 1. The molecule has 2 aromatic heterocycles. The monoisotopic (exact) mass is 525 g/mol. The minimum atomic E-state index is -4.64. The fourth-order valence-corrected chi connectivity index (χ4v) is 6.92. The highest BCUT2D eigenvalue weighted by Gasteiger charge is 2.42. The smallest absolute Gasteiger partial charge is 0.396 e. The van der Waals surface area contributed by atoms with Gasteiger partial charge in [-0.05, 0) is 61.1 Å². The zero-order valence-electron chi connectivity index (χ0n) is 20.0. The molecule has 3 N–H and O–H groups in total. The number of fused-ring (bicyclic) bond motifs is 3. The van der Waals surface area contributed by atoms with E-state index in [-0.39, 0.29) is 28.6 Å². The first-order valence-electron chi connectivity index (χ1n) is 12.4. The molecular weight excluding hydrogens is 499 g/mol. The maximum Gasteiger partial charge on any atom is 0.422 e. The first kappa shape index (κ1) is 24.3. The quantitative estimate of drug-likeness (QED) is 0.307. The highest BCUT2D eigenvalue weighted by molar-refractivity contribution is 7.18. The molecule has 192 valence electrons. The van der Waals surface area contributed by atoms with Gasteiger partial charge in [0.15, 0.2) is 5.01 Å². The molecule has 9 heteroatoms. The Kier molecular flexibility index (Phi) is 5.97. The fourth-order valence-electron chi connectivity index (χ4n) is 5.76. The number of aliphatic hydroxyl groups excluding tert-OH is 1. The Bertz CT molecular complexity index is 1450. The third-order valence-corrected chi connectivity index (χ3v) is 8.77. The van der Waals surface area contributed by atoms with Crippen LogP contribution in [0.15, 0.2) is 53.1 Å². The van der Waals surface area contributed by atoms with Gasteiger partial charge in [-0.25, -0.2) is 4.98 Å². The molecule has 6 rings (SSSR count). The van der Waals surface area contributed by atoms with Crippen molar-refractivity contribution in [3.63, 3.8) is 0 Å². The zero-order chi connectivity index (χ0) is 25.8. The molecule has 2 aliphatic carbocycles. The van der Waals surface area contributed by atoms with Crippen LogP contribution in [0, 0.1) is 0 Å². The van der Waals surface area contributed by atoms with Gasteiger partial charge in [-0.2, -0.15) is 13.2 Å². The van der Waals surface area contributed by atoms with Crippen molar-refractivity contribution in [2.24, 2.45) is 5.73 Å². The third-order valence-electron chi connectivity index (χ3n) is 7.64. The number of aromatic nitrogens is 2. The molecule has 1 fully saturated rings. The van der Waals surface area contributed by atoms with Crippen LogP contribution >= 0.6 is 11.3 Å². The van der Waals surface area contributed by atoms with Crippen molar-refractivity contribution >= 4 is 11.3 Å². The van der Waals surface area contributed by atoms with Gasteiger partial charge in [0, 0.05) is 17.7 Å². The molecule has 37 heavy (non-hydrogen) atoms. The molecule has 0 amide bonds. The van der Waals surface area contributed by atoms with Crippen molar-refractivity contribution in [1.82, 2.24) is 10.1 Å². The molecule has 1 unspecified atom stereocenters. The van der Waals surface area contributed by atoms with Crippen LogP contribution in [-0.4, -0.2) is 27.4 Å². The van der Waals surface area contributed by atoms with Crippen LogP contribution in [-0.2, 0) is 19.0 Å². The molecule has 0 saturated heterocycles. The number of rotatable bonds is 5. The molecule has 0 spiro atoms. The number of thiazole rings is 1. The summed E-state index contributed by atoms with van der Waals surface area (Å²) in [7, 11) is 0. The van der Waals surface area contributed by atoms with Crippen LogP contribution in [0.5, 0.6) is 0 Å². The maximum absolute atomic E-state index is 14.2. The Morgan fingerprint density at radius 2 is 1.95 bits per heavy atom. The summed E-state index contributed by atoms with van der Waals surface area (Å²) >= 11 is 1.22. The van der Waals surface area contributed by atoms with E-state index in [0.29, 0.717) is 24.3 Å². The summed E-state index contributed by atoms with van der Waals surface area (Å²) in [4.78, 5) is 5.47. The van der Waals surface area contributed by atoms with E-state index >= 15 is 0 Å². The summed E-state index contributed by atoms with van der Waals surface area (Å²) in [6, 6.07) is 14.6. The van der Waals surface area contributed by atoms with Crippen molar-refractivity contribution in [2.75, 3.05) is 6.61 Å². The second-order valence-electron chi connectivity index (χ2n) is 10.1. The van der Waals surface area contributed by atoms with E-state index in [4.69, 9.17) is 10.3 Å². The lowest BCUT2D eigenvalue weighted by molar-refractivity contribution is -0.136. The summed E-state index contributed by atoms with van der Waals surface area (Å²) in [5.41, 5.74) is 9.59. The highest BCUT2D eigenvalue weighted by Crippen LogP contribution is 2.48. The van der Waals surface area contributed by atoms with Gasteiger partial charge < -0.3 is 15.4 Å². The number of nitrogens with two attached hydrogens (primary N) is 1. The molecule has 4 aromatic rings. The van der Waals surface area contributed by atoms with Gasteiger partial charge >= 0.3 is 6.18 Å².